The molecule has 1 aromatic heterocycles. The first-order chi connectivity index (χ1) is 14.6. The van der Waals surface area contributed by atoms with Crippen molar-refractivity contribution >= 4 is 6.09 Å². The Kier molecular flexibility index (Phi) is 5.62. The minimum absolute atomic E-state index is 0.307. The summed E-state index contributed by atoms with van der Waals surface area (Å²) in [5, 5.41) is 2.81. The van der Waals surface area contributed by atoms with Crippen LogP contribution < -0.4 is 5.32 Å². The molecule has 150 valence electrons. The molecule has 0 radical (unpaired) electrons. The minimum atomic E-state index is -0.499. The van der Waals surface area contributed by atoms with Crippen LogP contribution >= 0.6 is 0 Å². The van der Waals surface area contributed by atoms with Gasteiger partial charge >= 0.3 is 6.09 Å². The smallest absolute Gasteiger partial charge is 0.408 e. The molecule has 1 saturated heterocycles. The Morgan fingerprint density at radius 3 is 2.87 bits per heavy atom. The van der Waals surface area contributed by atoms with Crippen LogP contribution in [0.2, 0.25) is 0 Å². The molecule has 1 fully saturated rings. The largest absolute Gasteiger partial charge is 0.497 e. The summed E-state index contributed by atoms with van der Waals surface area (Å²) in [6.07, 6.45) is 7.46. The van der Waals surface area contributed by atoms with Gasteiger partial charge in [0.15, 0.2) is 0 Å². The summed E-state index contributed by atoms with van der Waals surface area (Å²) in [5.74, 6) is 6.38. The van der Waals surface area contributed by atoms with Gasteiger partial charge in [0.25, 0.3) is 0 Å². The van der Waals surface area contributed by atoms with E-state index in [1.165, 1.54) is 12.1 Å². The molecule has 2 heterocycles. The van der Waals surface area contributed by atoms with Crippen molar-refractivity contribution < 1.29 is 18.7 Å². The number of pyridine rings is 1. The molecule has 0 bridgehead atoms. The van der Waals surface area contributed by atoms with Gasteiger partial charge in [0.05, 0.1) is 12.8 Å². The molecule has 0 spiro atoms. The van der Waals surface area contributed by atoms with E-state index in [1.807, 2.05) is 36.4 Å². The number of ether oxygens (including phenoxy) is 2. The minimum Gasteiger partial charge on any atom is -0.497 e. The fourth-order valence-electron chi connectivity index (χ4n) is 3.23. The molecule has 6 heteroatoms. The number of allylic oxidation sites excluding steroid dienone is 4. The highest BCUT2D eigenvalue weighted by molar-refractivity contribution is 5.71. The number of amides is 1. The van der Waals surface area contributed by atoms with Crippen LogP contribution in [-0.2, 0) is 9.47 Å². The quantitative estimate of drug-likeness (QED) is 0.783. The average molecular weight is 402 g/mol. The highest BCUT2D eigenvalue weighted by Crippen LogP contribution is 2.27. The molecule has 4 rings (SSSR count). The van der Waals surface area contributed by atoms with Gasteiger partial charge in [0, 0.05) is 5.56 Å². The zero-order valence-corrected chi connectivity index (χ0v) is 16.3. The number of aromatic nitrogens is 1. The second-order valence-corrected chi connectivity index (χ2v) is 6.80. The summed E-state index contributed by atoms with van der Waals surface area (Å²) in [7, 11) is 1.61. The summed E-state index contributed by atoms with van der Waals surface area (Å²) < 4.78 is 23.7. The average Bonchev–Trinajstić information content (AvgIpc) is 3.13. The van der Waals surface area contributed by atoms with Crippen LogP contribution in [0.3, 0.4) is 0 Å². The number of benzene rings is 1. The van der Waals surface area contributed by atoms with Gasteiger partial charge in [0.2, 0.25) is 0 Å². The molecule has 2 aromatic rings. The molecule has 1 amide bonds. The molecule has 2 aliphatic rings. The maximum atomic E-state index is 13.0. The Labute approximate surface area is 173 Å². The number of hydrogen-bond donors (Lipinski definition) is 1. The maximum absolute atomic E-state index is 13.0. The third-order valence-electron chi connectivity index (χ3n) is 4.69. The predicted octanol–water partition coefficient (Wildman–Crippen LogP) is 4.19. The Morgan fingerprint density at radius 1 is 1.23 bits per heavy atom. The van der Waals surface area contributed by atoms with Crippen LogP contribution in [0.15, 0.2) is 78.1 Å². The standard InChI is InChI=1S/C24H19FN2O3/c1-29-20-6-2-4-17(14-20)15-22-23(27-24(28)30-22)21-7-3-5-19(26-21)13-10-16-8-11-18(25)12-9-16/h2-3,5-9,11-12,14-15,22-23H,4H2,1H3,(H,27,28). The number of carbonyl (C=O) groups is 1. The molecule has 1 N–H and O–H groups in total. The highest BCUT2D eigenvalue weighted by Gasteiger charge is 2.35. The van der Waals surface area contributed by atoms with Crippen molar-refractivity contribution in [1.82, 2.24) is 10.3 Å². The number of carbonyl (C=O) groups excluding carboxylic acids is 1. The van der Waals surface area contributed by atoms with E-state index in [4.69, 9.17) is 9.47 Å². The van der Waals surface area contributed by atoms with Gasteiger partial charge in [-0.05, 0) is 72.5 Å². The third kappa shape index (κ3) is 4.58. The molecular weight excluding hydrogens is 383 g/mol. The summed E-state index contributed by atoms with van der Waals surface area (Å²) in [6, 6.07) is 11.0. The van der Waals surface area contributed by atoms with Crippen molar-refractivity contribution in [2.45, 2.75) is 18.6 Å². The normalized spacial score (nSPS) is 21.3. The zero-order valence-electron chi connectivity index (χ0n) is 16.3. The van der Waals surface area contributed by atoms with E-state index in [0.29, 0.717) is 17.0 Å². The second kappa shape index (κ2) is 8.66. The van der Waals surface area contributed by atoms with Crippen molar-refractivity contribution in [3.63, 3.8) is 0 Å². The number of hydrogen-bond acceptors (Lipinski definition) is 4. The fourth-order valence-corrected chi connectivity index (χ4v) is 3.23. The zero-order chi connectivity index (χ0) is 20.9. The van der Waals surface area contributed by atoms with Gasteiger partial charge in [0.1, 0.15) is 29.4 Å². The molecule has 5 nitrogen and oxygen atoms in total. The van der Waals surface area contributed by atoms with Crippen LogP contribution in [0.1, 0.15) is 29.4 Å². The van der Waals surface area contributed by atoms with Crippen LogP contribution in [0.5, 0.6) is 0 Å². The van der Waals surface area contributed by atoms with Crippen LogP contribution in [0, 0.1) is 17.7 Å². The van der Waals surface area contributed by atoms with Crippen molar-refractivity contribution in [2.24, 2.45) is 0 Å². The lowest BCUT2D eigenvalue weighted by Crippen LogP contribution is -2.23. The van der Waals surface area contributed by atoms with Crippen LogP contribution in [0.4, 0.5) is 9.18 Å². The Morgan fingerprint density at radius 2 is 2.07 bits per heavy atom. The SMILES string of the molecule is COC1=CC(=CC2OC(=O)NC2c2cccc(C#Cc3ccc(F)cc3)n2)CC=C1. The Bertz CT molecular complexity index is 1110. The molecule has 1 aliphatic heterocycles. The second-order valence-electron chi connectivity index (χ2n) is 6.80. The highest BCUT2D eigenvalue weighted by atomic mass is 19.1. The molecule has 30 heavy (non-hydrogen) atoms. The number of alkyl carbamates (subject to hydrolysis) is 1. The maximum Gasteiger partial charge on any atom is 0.408 e. The summed E-state index contributed by atoms with van der Waals surface area (Å²) in [4.78, 5) is 16.5. The molecule has 1 aliphatic carbocycles. The first-order valence-electron chi connectivity index (χ1n) is 9.45. The lowest BCUT2D eigenvalue weighted by Gasteiger charge is -2.16. The number of cyclic esters (lactones) is 1. The monoisotopic (exact) mass is 402 g/mol. The van der Waals surface area contributed by atoms with Crippen LogP contribution in [-0.4, -0.2) is 24.3 Å². The number of rotatable bonds is 3. The molecule has 1 aromatic carbocycles. The van der Waals surface area contributed by atoms with Crippen molar-refractivity contribution in [3.8, 4) is 11.8 Å². The van der Waals surface area contributed by atoms with Gasteiger partial charge in [-0.25, -0.2) is 14.2 Å². The first kappa shape index (κ1) is 19.5. The van der Waals surface area contributed by atoms with Gasteiger partial charge in [-0.3, -0.25) is 0 Å². The number of nitrogens with zero attached hydrogens (tertiary/aromatic N) is 1. The van der Waals surface area contributed by atoms with Crippen molar-refractivity contribution in [2.75, 3.05) is 7.11 Å². The fraction of sp³-hybridized carbons (Fsp3) is 0.167. The predicted molar refractivity (Wildman–Crippen MR) is 110 cm³/mol. The number of nitrogens with one attached hydrogen (secondary N) is 1. The number of methoxy groups -OCH3 is 1. The van der Waals surface area contributed by atoms with E-state index in [2.05, 4.69) is 22.1 Å². The third-order valence-corrected chi connectivity index (χ3v) is 4.69. The molecule has 2 unspecified atom stereocenters. The number of halogens is 1. The molecular formula is C24H19FN2O3. The van der Waals surface area contributed by atoms with Crippen molar-refractivity contribution in [1.29, 1.82) is 0 Å². The van der Waals surface area contributed by atoms with Gasteiger partial charge in [-0.1, -0.05) is 18.1 Å². The van der Waals surface area contributed by atoms with Gasteiger partial charge in [-0.2, -0.15) is 0 Å². The summed E-state index contributed by atoms with van der Waals surface area (Å²) in [5.41, 5.74) is 2.88. The summed E-state index contributed by atoms with van der Waals surface area (Å²) in [6.45, 7) is 0. The van der Waals surface area contributed by atoms with E-state index in [-0.39, 0.29) is 5.82 Å². The van der Waals surface area contributed by atoms with E-state index >= 15 is 0 Å². The van der Waals surface area contributed by atoms with Gasteiger partial charge < -0.3 is 14.8 Å². The van der Waals surface area contributed by atoms with E-state index in [1.54, 1.807) is 25.3 Å². The van der Waals surface area contributed by atoms with Crippen LogP contribution in [0.25, 0.3) is 0 Å². The summed E-state index contributed by atoms with van der Waals surface area (Å²) >= 11 is 0. The van der Waals surface area contributed by atoms with E-state index in [9.17, 15) is 9.18 Å². The lowest BCUT2D eigenvalue weighted by atomic mass is 10.0. The molecule has 2 atom stereocenters. The van der Waals surface area contributed by atoms with Gasteiger partial charge in [-0.15, -0.1) is 0 Å². The van der Waals surface area contributed by atoms with E-state index in [0.717, 1.165) is 17.8 Å². The Hall–Kier alpha value is -3.85. The first-order valence-corrected chi connectivity index (χ1v) is 9.45. The van der Waals surface area contributed by atoms with E-state index < -0.39 is 18.2 Å². The lowest BCUT2D eigenvalue weighted by molar-refractivity contribution is 0.153. The Balaban J connectivity index is 1.57. The molecule has 0 saturated carbocycles. The topological polar surface area (TPSA) is 60.5 Å². The van der Waals surface area contributed by atoms with Crippen molar-refractivity contribution in [3.05, 3.63) is 101 Å².